The number of hydrogen-bond donors (Lipinski definition) is 0. The van der Waals surface area contributed by atoms with E-state index in [1.165, 1.54) is 0 Å². The summed E-state index contributed by atoms with van der Waals surface area (Å²) in [5.74, 6) is 1.34. The molecule has 0 radical (unpaired) electrons. The monoisotopic (exact) mass is 335 g/mol. The van der Waals surface area contributed by atoms with Crippen molar-refractivity contribution in [3.8, 4) is 0 Å². The van der Waals surface area contributed by atoms with E-state index in [1.807, 2.05) is 0 Å². The molecule has 134 valence electrons. The molecule has 3 aliphatic rings. The van der Waals surface area contributed by atoms with Gasteiger partial charge < -0.3 is 0 Å². The molecule has 6 unspecified atom stereocenters. The van der Waals surface area contributed by atoms with Crippen molar-refractivity contribution in [2.24, 2.45) is 17.8 Å². The zero-order valence-corrected chi connectivity index (χ0v) is 16.6. The molecule has 0 saturated carbocycles. The first-order valence-corrected chi connectivity index (χ1v) is 9.63. The van der Waals surface area contributed by atoms with Crippen LogP contribution in [0.5, 0.6) is 0 Å². The third-order valence-electron chi connectivity index (χ3n) is 7.04. The molecular weight excluding hydrogens is 302 g/mol. The minimum atomic E-state index is -0.0498. The minimum absolute atomic E-state index is 0.0498. The summed E-state index contributed by atoms with van der Waals surface area (Å²) in [5.41, 5.74) is -0.149. The van der Waals surface area contributed by atoms with Gasteiger partial charge in [-0.05, 0) is 38.5 Å². The molecule has 3 aliphatic carbocycles. The highest BCUT2D eigenvalue weighted by Crippen LogP contribution is 2.49. The molecule has 0 amide bonds. The Hall–Kier alpha value is -1.60. The smallest absolute Gasteiger partial charge is 0.0443 e. The van der Waals surface area contributed by atoms with E-state index >= 15 is 0 Å². The summed E-state index contributed by atoms with van der Waals surface area (Å²) in [5, 5.41) is 0. The Morgan fingerprint density at radius 1 is 0.520 bits per heavy atom. The highest BCUT2D eigenvalue weighted by molar-refractivity contribution is 5.35. The molecule has 25 heavy (non-hydrogen) atoms. The summed E-state index contributed by atoms with van der Waals surface area (Å²) in [6.45, 7) is 14.3. The molecule has 0 aromatic carbocycles. The maximum atomic E-state index is 2.78. The Bertz CT molecular complexity index is 596. The number of hydrogen-bond acceptors (Lipinski definition) is 1. The quantitative estimate of drug-likeness (QED) is 0.625. The maximum absolute atomic E-state index is 2.78. The van der Waals surface area contributed by atoms with Gasteiger partial charge in [0, 0.05) is 16.6 Å². The van der Waals surface area contributed by atoms with E-state index in [4.69, 9.17) is 0 Å². The largest absolute Gasteiger partial charge is 0.275 e. The van der Waals surface area contributed by atoms with Gasteiger partial charge in [-0.15, -0.1) is 0 Å². The molecule has 1 heteroatoms. The van der Waals surface area contributed by atoms with Gasteiger partial charge in [0.05, 0.1) is 0 Å². The Labute approximate surface area is 154 Å². The van der Waals surface area contributed by atoms with Crippen molar-refractivity contribution in [1.82, 2.24) is 4.90 Å². The van der Waals surface area contributed by atoms with Crippen molar-refractivity contribution in [1.29, 1.82) is 0 Å². The van der Waals surface area contributed by atoms with Crippen molar-refractivity contribution >= 4 is 0 Å². The molecule has 6 atom stereocenters. The lowest BCUT2D eigenvalue weighted by atomic mass is 9.67. The van der Waals surface area contributed by atoms with Crippen LogP contribution < -0.4 is 0 Å². The zero-order valence-electron chi connectivity index (χ0n) is 16.6. The summed E-state index contributed by atoms with van der Waals surface area (Å²) < 4.78 is 0. The Kier molecular flexibility index (Phi) is 4.58. The van der Waals surface area contributed by atoms with Crippen LogP contribution in [-0.2, 0) is 0 Å². The number of nitrogens with zero attached hydrogens (tertiary/aromatic N) is 1. The summed E-state index contributed by atoms with van der Waals surface area (Å²) in [4.78, 5) is 2.78. The highest BCUT2D eigenvalue weighted by atomic mass is 15.3. The Morgan fingerprint density at radius 3 is 1.04 bits per heavy atom. The van der Waals surface area contributed by atoms with Gasteiger partial charge in [-0.1, -0.05) is 93.7 Å². The van der Waals surface area contributed by atoms with Gasteiger partial charge in [0.25, 0.3) is 0 Å². The van der Waals surface area contributed by atoms with Gasteiger partial charge >= 0.3 is 0 Å². The second kappa shape index (κ2) is 6.29. The SMILES string of the molecule is CC1C=CC=CC1(C)N(C1(C)C=CC=CC1C)C1(C)C=CC=CC1C. The first kappa shape index (κ1) is 18.2. The van der Waals surface area contributed by atoms with Crippen LogP contribution in [0.4, 0.5) is 0 Å². The van der Waals surface area contributed by atoms with Crippen LogP contribution in [0.3, 0.4) is 0 Å². The van der Waals surface area contributed by atoms with E-state index in [2.05, 4.69) is 119 Å². The van der Waals surface area contributed by atoms with Crippen LogP contribution in [0.25, 0.3) is 0 Å². The van der Waals surface area contributed by atoms with E-state index in [-0.39, 0.29) is 16.6 Å². The van der Waals surface area contributed by atoms with Crippen LogP contribution >= 0.6 is 0 Å². The molecule has 0 fully saturated rings. The third kappa shape index (κ3) is 2.73. The van der Waals surface area contributed by atoms with E-state index in [9.17, 15) is 0 Å². The van der Waals surface area contributed by atoms with E-state index in [1.54, 1.807) is 0 Å². The van der Waals surface area contributed by atoms with Crippen LogP contribution in [0.15, 0.2) is 72.9 Å². The normalized spacial score (nSPS) is 45.5. The molecule has 0 aromatic heterocycles. The number of rotatable bonds is 3. The van der Waals surface area contributed by atoms with Gasteiger partial charge in [-0.25, -0.2) is 0 Å². The molecule has 3 rings (SSSR count). The summed E-state index contributed by atoms with van der Waals surface area (Å²) in [7, 11) is 0. The first-order valence-electron chi connectivity index (χ1n) is 9.63. The van der Waals surface area contributed by atoms with Crippen LogP contribution in [0, 0.1) is 17.8 Å². The fraction of sp³-hybridized carbons (Fsp3) is 0.500. The maximum Gasteiger partial charge on any atom is 0.0443 e. The molecule has 0 N–H and O–H groups in total. The van der Waals surface area contributed by atoms with Crippen molar-refractivity contribution < 1.29 is 0 Å². The average molecular weight is 336 g/mol. The summed E-state index contributed by atoms with van der Waals surface area (Å²) >= 11 is 0. The number of allylic oxidation sites excluding steroid dienone is 6. The predicted molar refractivity (Wildman–Crippen MR) is 109 cm³/mol. The van der Waals surface area contributed by atoms with Crippen molar-refractivity contribution in [2.45, 2.75) is 58.2 Å². The van der Waals surface area contributed by atoms with Crippen molar-refractivity contribution in [3.05, 3.63) is 72.9 Å². The zero-order chi connectivity index (χ0) is 18.3. The topological polar surface area (TPSA) is 3.24 Å². The molecule has 0 spiro atoms. The second-order valence-electron chi connectivity index (χ2n) is 8.61. The summed E-state index contributed by atoms with van der Waals surface area (Å²) in [6, 6.07) is 0. The van der Waals surface area contributed by atoms with Crippen LogP contribution in [0.1, 0.15) is 41.5 Å². The van der Waals surface area contributed by atoms with Crippen molar-refractivity contribution in [2.75, 3.05) is 0 Å². The third-order valence-corrected chi connectivity index (χ3v) is 7.04. The highest BCUT2D eigenvalue weighted by Gasteiger charge is 2.54. The molecule has 0 aromatic rings. The van der Waals surface area contributed by atoms with Crippen molar-refractivity contribution in [3.63, 3.8) is 0 Å². The fourth-order valence-corrected chi connectivity index (χ4v) is 4.88. The van der Waals surface area contributed by atoms with E-state index in [0.717, 1.165) is 0 Å². The lowest BCUT2D eigenvalue weighted by Gasteiger charge is -2.62. The van der Waals surface area contributed by atoms with Gasteiger partial charge in [-0.3, -0.25) is 4.90 Å². The fourth-order valence-electron chi connectivity index (χ4n) is 4.88. The lowest BCUT2D eigenvalue weighted by molar-refractivity contribution is -0.0696. The molecule has 0 bridgehead atoms. The lowest BCUT2D eigenvalue weighted by Crippen LogP contribution is -2.70. The molecule has 0 aliphatic heterocycles. The molecular formula is C24H33N. The average Bonchev–Trinajstić information content (AvgIpc) is 2.56. The standard InChI is InChI=1S/C24H33N/c1-19-13-7-10-16-22(19,4)25(23(5)17-11-8-14-20(23)2)24(6)18-12-9-15-21(24)3/h7-21H,1-6H3. The van der Waals surface area contributed by atoms with Gasteiger partial charge in [0.15, 0.2) is 0 Å². The Balaban J connectivity index is 2.20. The van der Waals surface area contributed by atoms with Gasteiger partial charge in [-0.2, -0.15) is 0 Å². The van der Waals surface area contributed by atoms with E-state index < -0.39 is 0 Å². The van der Waals surface area contributed by atoms with Gasteiger partial charge in [0.2, 0.25) is 0 Å². The molecule has 1 nitrogen and oxygen atoms in total. The second-order valence-corrected chi connectivity index (χ2v) is 8.61. The molecule has 0 heterocycles. The summed E-state index contributed by atoms with van der Waals surface area (Å²) in [6.07, 6.45) is 27.5. The predicted octanol–water partition coefficient (Wildman–Crippen LogP) is 5.85. The first-order chi connectivity index (χ1) is 11.7. The molecule has 0 saturated heterocycles. The van der Waals surface area contributed by atoms with Crippen LogP contribution in [0.2, 0.25) is 0 Å². The van der Waals surface area contributed by atoms with Crippen LogP contribution in [-0.4, -0.2) is 21.5 Å². The van der Waals surface area contributed by atoms with E-state index in [0.29, 0.717) is 17.8 Å². The minimum Gasteiger partial charge on any atom is -0.275 e. The van der Waals surface area contributed by atoms with Gasteiger partial charge in [0.1, 0.15) is 0 Å². The Morgan fingerprint density at radius 2 is 0.800 bits per heavy atom.